The fourth-order valence-electron chi connectivity index (χ4n) is 3.56. The van der Waals surface area contributed by atoms with Crippen molar-refractivity contribution in [3.8, 4) is 11.8 Å². The molecule has 0 saturated heterocycles. The molecule has 0 bridgehead atoms. The lowest BCUT2D eigenvalue weighted by Gasteiger charge is -2.30. The normalized spacial score (nSPS) is 30.0. The fraction of sp³-hybridized carbons (Fsp3) is 0.765. The van der Waals surface area contributed by atoms with Gasteiger partial charge in [0.05, 0.1) is 11.8 Å². The Morgan fingerprint density at radius 2 is 1.62 bits per heavy atom. The maximum atomic E-state index is 11.9. The number of carboxylic acid groups (broad SMARTS) is 1. The van der Waals surface area contributed by atoms with Gasteiger partial charge in [0.15, 0.2) is 0 Å². The number of amides is 1. The Kier molecular flexibility index (Phi) is 5.67. The van der Waals surface area contributed by atoms with E-state index in [9.17, 15) is 14.7 Å². The van der Waals surface area contributed by atoms with Crippen LogP contribution in [0.15, 0.2) is 0 Å². The van der Waals surface area contributed by atoms with Gasteiger partial charge in [-0.25, -0.2) is 0 Å². The summed E-state index contributed by atoms with van der Waals surface area (Å²) in [6, 6.07) is 0. The quantitative estimate of drug-likeness (QED) is 0.768. The van der Waals surface area contributed by atoms with E-state index in [4.69, 9.17) is 0 Å². The molecule has 2 aliphatic rings. The predicted molar refractivity (Wildman–Crippen MR) is 80.4 cm³/mol. The van der Waals surface area contributed by atoms with Crippen LogP contribution in [0.3, 0.4) is 0 Å². The van der Waals surface area contributed by atoms with Crippen LogP contribution in [-0.4, -0.2) is 24.0 Å². The molecule has 4 heteroatoms. The number of hydrogen-bond acceptors (Lipinski definition) is 2. The molecule has 3 atom stereocenters. The molecular weight excluding hydrogens is 266 g/mol. The number of hydrogen-bond donors (Lipinski definition) is 2. The minimum absolute atomic E-state index is 0.161. The van der Waals surface area contributed by atoms with Crippen LogP contribution in [0.1, 0.15) is 51.4 Å². The summed E-state index contributed by atoms with van der Waals surface area (Å²) in [5.74, 6) is 5.39. The molecule has 2 aliphatic carbocycles. The van der Waals surface area contributed by atoms with Crippen LogP contribution in [0.25, 0.3) is 0 Å². The van der Waals surface area contributed by atoms with Gasteiger partial charge in [-0.15, -0.1) is 0 Å². The molecule has 0 aromatic rings. The zero-order valence-corrected chi connectivity index (χ0v) is 12.7. The summed E-state index contributed by atoms with van der Waals surface area (Å²) in [5.41, 5.74) is 0. The molecule has 2 rings (SSSR count). The Morgan fingerprint density at radius 3 is 2.24 bits per heavy atom. The van der Waals surface area contributed by atoms with Gasteiger partial charge in [0.1, 0.15) is 0 Å². The number of carboxylic acids is 1. The molecule has 0 heterocycles. The first kappa shape index (κ1) is 15.9. The summed E-state index contributed by atoms with van der Waals surface area (Å²) < 4.78 is 0. The van der Waals surface area contributed by atoms with Gasteiger partial charge in [-0.2, -0.15) is 0 Å². The van der Waals surface area contributed by atoms with E-state index in [0.717, 1.165) is 6.42 Å². The second-order valence-electron chi connectivity index (χ2n) is 6.30. The Morgan fingerprint density at radius 1 is 0.952 bits per heavy atom. The van der Waals surface area contributed by atoms with E-state index >= 15 is 0 Å². The monoisotopic (exact) mass is 291 g/mol. The van der Waals surface area contributed by atoms with Crippen molar-refractivity contribution in [3.63, 3.8) is 0 Å². The van der Waals surface area contributed by atoms with E-state index in [1.165, 1.54) is 32.1 Å². The molecule has 2 saturated carbocycles. The van der Waals surface area contributed by atoms with Crippen LogP contribution in [0.5, 0.6) is 0 Å². The van der Waals surface area contributed by atoms with Crippen LogP contribution in [-0.2, 0) is 9.59 Å². The standard InChI is InChI=1S/C17H25NO3/c1-18-16(19)15-11-13(9-10-14(15)17(20)21)8-7-12-5-3-2-4-6-12/h12-15H,2-6,9-11H2,1H3,(H,18,19)(H,20,21). The third-order valence-corrected chi connectivity index (χ3v) is 4.85. The van der Waals surface area contributed by atoms with E-state index in [1.54, 1.807) is 7.05 Å². The van der Waals surface area contributed by atoms with Gasteiger partial charge in [-0.3, -0.25) is 9.59 Å². The maximum absolute atomic E-state index is 11.9. The van der Waals surface area contributed by atoms with Crippen molar-refractivity contribution in [3.05, 3.63) is 0 Å². The number of aliphatic carboxylic acids is 1. The topological polar surface area (TPSA) is 66.4 Å². The van der Waals surface area contributed by atoms with Crippen molar-refractivity contribution in [2.75, 3.05) is 7.05 Å². The smallest absolute Gasteiger partial charge is 0.307 e. The van der Waals surface area contributed by atoms with Crippen molar-refractivity contribution in [1.29, 1.82) is 0 Å². The SMILES string of the molecule is CNC(=O)C1CC(C#CC2CCCCC2)CCC1C(=O)O. The summed E-state index contributed by atoms with van der Waals surface area (Å²) in [6.07, 6.45) is 8.17. The van der Waals surface area contributed by atoms with Crippen LogP contribution in [0.4, 0.5) is 0 Å². The van der Waals surface area contributed by atoms with Crippen LogP contribution < -0.4 is 5.32 Å². The molecule has 0 spiro atoms. The van der Waals surface area contributed by atoms with Gasteiger partial charge in [-0.05, 0) is 32.1 Å². The molecule has 0 aromatic heterocycles. The number of carbonyl (C=O) groups excluding carboxylic acids is 1. The predicted octanol–water partition coefficient (Wildman–Crippen LogP) is 2.43. The molecule has 0 aromatic carbocycles. The van der Waals surface area contributed by atoms with E-state index in [1.807, 2.05) is 0 Å². The summed E-state index contributed by atoms with van der Waals surface area (Å²) in [5, 5.41) is 11.9. The summed E-state index contributed by atoms with van der Waals surface area (Å²) >= 11 is 0. The van der Waals surface area contributed by atoms with Crippen molar-refractivity contribution in [2.45, 2.75) is 51.4 Å². The van der Waals surface area contributed by atoms with Crippen LogP contribution >= 0.6 is 0 Å². The van der Waals surface area contributed by atoms with Crippen molar-refractivity contribution >= 4 is 11.9 Å². The van der Waals surface area contributed by atoms with E-state index in [-0.39, 0.29) is 11.8 Å². The molecule has 3 unspecified atom stereocenters. The van der Waals surface area contributed by atoms with E-state index in [2.05, 4.69) is 17.2 Å². The Bertz CT molecular complexity index is 443. The van der Waals surface area contributed by atoms with Crippen molar-refractivity contribution < 1.29 is 14.7 Å². The zero-order chi connectivity index (χ0) is 15.2. The van der Waals surface area contributed by atoms with Gasteiger partial charge >= 0.3 is 5.97 Å². The van der Waals surface area contributed by atoms with Gasteiger partial charge in [0.25, 0.3) is 0 Å². The first-order chi connectivity index (χ1) is 10.1. The summed E-state index contributed by atoms with van der Waals surface area (Å²) in [4.78, 5) is 23.2. The highest BCUT2D eigenvalue weighted by molar-refractivity contribution is 5.84. The Hall–Kier alpha value is -1.50. The molecule has 0 aliphatic heterocycles. The minimum Gasteiger partial charge on any atom is -0.481 e. The highest BCUT2D eigenvalue weighted by Gasteiger charge is 2.38. The summed E-state index contributed by atoms with van der Waals surface area (Å²) in [6.45, 7) is 0. The third-order valence-electron chi connectivity index (χ3n) is 4.85. The lowest BCUT2D eigenvalue weighted by Crippen LogP contribution is -2.40. The molecule has 4 nitrogen and oxygen atoms in total. The van der Waals surface area contributed by atoms with Crippen LogP contribution in [0.2, 0.25) is 0 Å². The van der Waals surface area contributed by atoms with E-state index in [0.29, 0.717) is 18.8 Å². The highest BCUT2D eigenvalue weighted by Crippen LogP contribution is 2.34. The Balaban J connectivity index is 1.98. The average molecular weight is 291 g/mol. The molecule has 116 valence electrons. The maximum Gasteiger partial charge on any atom is 0.307 e. The molecule has 2 N–H and O–H groups in total. The van der Waals surface area contributed by atoms with Crippen molar-refractivity contribution in [2.24, 2.45) is 23.7 Å². The van der Waals surface area contributed by atoms with Gasteiger partial charge < -0.3 is 10.4 Å². The number of carbonyl (C=O) groups is 2. The second kappa shape index (κ2) is 7.49. The second-order valence-corrected chi connectivity index (χ2v) is 6.30. The Labute approximate surface area is 126 Å². The van der Waals surface area contributed by atoms with Gasteiger partial charge in [-0.1, -0.05) is 31.1 Å². The first-order valence-corrected chi connectivity index (χ1v) is 8.07. The number of nitrogens with one attached hydrogen (secondary N) is 1. The zero-order valence-electron chi connectivity index (χ0n) is 12.7. The molecule has 2 fully saturated rings. The van der Waals surface area contributed by atoms with Crippen molar-refractivity contribution in [1.82, 2.24) is 5.32 Å². The first-order valence-electron chi connectivity index (χ1n) is 8.07. The lowest BCUT2D eigenvalue weighted by atomic mass is 9.73. The van der Waals surface area contributed by atoms with Crippen LogP contribution in [0, 0.1) is 35.5 Å². The summed E-state index contributed by atoms with van der Waals surface area (Å²) in [7, 11) is 1.57. The van der Waals surface area contributed by atoms with E-state index < -0.39 is 17.8 Å². The minimum atomic E-state index is -0.859. The highest BCUT2D eigenvalue weighted by atomic mass is 16.4. The molecule has 0 radical (unpaired) electrons. The number of rotatable bonds is 2. The fourth-order valence-corrected chi connectivity index (χ4v) is 3.56. The molecule has 1 amide bonds. The van der Waals surface area contributed by atoms with Gasteiger partial charge in [0, 0.05) is 18.9 Å². The molecular formula is C17H25NO3. The molecule has 21 heavy (non-hydrogen) atoms. The largest absolute Gasteiger partial charge is 0.481 e. The lowest BCUT2D eigenvalue weighted by molar-refractivity contribution is -0.149. The third kappa shape index (κ3) is 4.23. The van der Waals surface area contributed by atoms with Gasteiger partial charge in [0.2, 0.25) is 5.91 Å². The average Bonchev–Trinajstić information content (AvgIpc) is 2.52.